The van der Waals surface area contributed by atoms with Gasteiger partial charge in [0.15, 0.2) is 12.4 Å². The van der Waals surface area contributed by atoms with Gasteiger partial charge in [-0.3, -0.25) is 19.7 Å². The Morgan fingerprint density at radius 1 is 1.13 bits per heavy atom. The van der Waals surface area contributed by atoms with Gasteiger partial charge in [-0.05, 0) is 48.0 Å². The maximum Gasteiger partial charge on any atom is 0.335 e. The molecule has 0 atom stereocenters. The highest BCUT2D eigenvalue weighted by Gasteiger charge is 2.36. The molecule has 3 N–H and O–H groups in total. The number of hydrogen-bond acceptors (Lipinski definition) is 5. The van der Waals surface area contributed by atoms with Crippen molar-refractivity contribution in [2.24, 2.45) is 5.73 Å². The van der Waals surface area contributed by atoms with Gasteiger partial charge >= 0.3 is 6.03 Å². The van der Waals surface area contributed by atoms with E-state index < -0.39 is 36.2 Å². The van der Waals surface area contributed by atoms with E-state index in [0.717, 1.165) is 12.1 Å². The lowest BCUT2D eigenvalue weighted by Crippen LogP contribution is -2.54. The summed E-state index contributed by atoms with van der Waals surface area (Å²) >= 11 is 12.2. The molecule has 0 saturated carbocycles. The summed E-state index contributed by atoms with van der Waals surface area (Å²) in [6, 6.07) is 6.30. The molecule has 2 aromatic rings. The molecule has 3 rings (SSSR count). The first kappa shape index (κ1) is 21.3. The molecule has 1 saturated heterocycles. The largest absolute Gasteiger partial charge is 0.481 e. The topological polar surface area (TPSA) is 119 Å². The number of hydrogen-bond donors (Lipinski definition) is 2. The summed E-state index contributed by atoms with van der Waals surface area (Å²) in [7, 11) is 0. The van der Waals surface area contributed by atoms with E-state index in [4.69, 9.17) is 33.7 Å². The first-order valence-electron chi connectivity index (χ1n) is 8.24. The van der Waals surface area contributed by atoms with Gasteiger partial charge in [-0.1, -0.05) is 23.2 Å². The predicted molar refractivity (Wildman–Crippen MR) is 107 cm³/mol. The highest BCUT2D eigenvalue weighted by Crippen LogP contribution is 2.35. The standard InChI is InChI=1S/C19H12Cl2FN3O5/c20-13-6-9(7-14(21)16(13)30-8-15(23)26)5-12-17(27)24-19(29)25(18(12)28)11-3-1-10(22)2-4-11/h1-7H,8H2,(H2,23,26)(H,24,27,29)/b12-5+. The van der Waals surface area contributed by atoms with Crippen LogP contribution in [0.15, 0.2) is 42.0 Å². The normalized spacial score (nSPS) is 15.4. The van der Waals surface area contributed by atoms with Crippen LogP contribution in [0.4, 0.5) is 14.9 Å². The third kappa shape index (κ3) is 4.42. The van der Waals surface area contributed by atoms with Crippen molar-refractivity contribution in [2.75, 3.05) is 11.5 Å². The Bertz CT molecular complexity index is 1080. The van der Waals surface area contributed by atoms with E-state index >= 15 is 0 Å². The highest BCUT2D eigenvalue weighted by atomic mass is 35.5. The van der Waals surface area contributed by atoms with Gasteiger partial charge in [0.25, 0.3) is 17.7 Å². The smallest absolute Gasteiger partial charge is 0.335 e. The van der Waals surface area contributed by atoms with Gasteiger partial charge in [0.05, 0.1) is 15.7 Å². The summed E-state index contributed by atoms with van der Waals surface area (Å²) in [5.74, 6) is -3.13. The van der Waals surface area contributed by atoms with Gasteiger partial charge in [-0.2, -0.15) is 0 Å². The second-order valence-corrected chi connectivity index (χ2v) is 6.82. The molecule has 11 heteroatoms. The summed E-state index contributed by atoms with van der Waals surface area (Å²) < 4.78 is 18.3. The summed E-state index contributed by atoms with van der Waals surface area (Å²) in [5, 5.41) is 2.05. The Labute approximate surface area is 179 Å². The van der Waals surface area contributed by atoms with Crippen molar-refractivity contribution in [2.45, 2.75) is 0 Å². The Balaban J connectivity index is 1.96. The Hall–Kier alpha value is -3.43. The Kier molecular flexibility index (Phi) is 6.04. The van der Waals surface area contributed by atoms with Crippen molar-refractivity contribution >= 4 is 58.7 Å². The van der Waals surface area contributed by atoms with Crippen LogP contribution in [0.1, 0.15) is 5.56 Å². The lowest BCUT2D eigenvalue weighted by molar-refractivity contribution is -0.123. The van der Waals surface area contributed by atoms with Crippen molar-refractivity contribution in [3.8, 4) is 5.75 Å². The number of urea groups is 1. The summed E-state index contributed by atoms with van der Waals surface area (Å²) in [5.41, 5.74) is 4.96. The van der Waals surface area contributed by atoms with Crippen LogP contribution in [0.5, 0.6) is 5.75 Å². The van der Waals surface area contributed by atoms with E-state index in [9.17, 15) is 23.6 Å². The first-order chi connectivity index (χ1) is 14.2. The van der Waals surface area contributed by atoms with Gasteiger partial charge in [-0.15, -0.1) is 0 Å². The van der Waals surface area contributed by atoms with Crippen molar-refractivity contribution in [3.63, 3.8) is 0 Å². The SMILES string of the molecule is NC(=O)COc1c(Cl)cc(/C=C2\C(=O)NC(=O)N(c3ccc(F)cc3)C2=O)cc1Cl. The number of carbonyl (C=O) groups is 4. The van der Waals surface area contributed by atoms with Crippen LogP contribution in [-0.4, -0.2) is 30.4 Å². The van der Waals surface area contributed by atoms with E-state index in [1.54, 1.807) is 0 Å². The molecular weight excluding hydrogens is 440 g/mol. The maximum absolute atomic E-state index is 13.2. The molecule has 30 heavy (non-hydrogen) atoms. The third-order valence-corrected chi connectivity index (χ3v) is 4.44. The quantitative estimate of drug-likeness (QED) is 0.534. The van der Waals surface area contributed by atoms with Crippen LogP contribution in [0.3, 0.4) is 0 Å². The molecule has 1 aliphatic rings. The lowest BCUT2D eigenvalue weighted by Gasteiger charge is -2.26. The maximum atomic E-state index is 13.2. The first-order valence-corrected chi connectivity index (χ1v) is 9.00. The number of primary amides is 1. The molecule has 5 amide bonds. The van der Waals surface area contributed by atoms with Crippen LogP contribution in [0, 0.1) is 5.82 Å². The van der Waals surface area contributed by atoms with Crippen molar-refractivity contribution < 1.29 is 28.3 Å². The summed E-state index contributed by atoms with van der Waals surface area (Å²) in [6.45, 7) is -0.449. The Morgan fingerprint density at radius 3 is 2.30 bits per heavy atom. The fourth-order valence-electron chi connectivity index (χ4n) is 2.59. The molecular formula is C19H12Cl2FN3O5. The number of benzene rings is 2. The minimum absolute atomic E-state index is 0.00169. The molecule has 0 aromatic heterocycles. The zero-order valence-corrected chi connectivity index (χ0v) is 16.5. The zero-order valence-electron chi connectivity index (χ0n) is 14.9. The monoisotopic (exact) mass is 451 g/mol. The zero-order chi connectivity index (χ0) is 22.0. The molecule has 0 spiro atoms. The molecule has 0 aliphatic carbocycles. The fraction of sp³-hybridized carbons (Fsp3) is 0.0526. The second kappa shape index (κ2) is 8.52. The molecule has 1 fully saturated rings. The number of ether oxygens (including phenoxy) is 1. The number of imide groups is 2. The van der Waals surface area contributed by atoms with E-state index in [-0.39, 0.29) is 32.6 Å². The van der Waals surface area contributed by atoms with E-state index in [1.165, 1.54) is 30.3 Å². The molecule has 0 unspecified atom stereocenters. The lowest BCUT2D eigenvalue weighted by atomic mass is 10.1. The number of nitrogens with zero attached hydrogens (tertiary/aromatic N) is 1. The summed E-state index contributed by atoms with van der Waals surface area (Å²) in [4.78, 5) is 48.7. The number of anilines is 1. The van der Waals surface area contributed by atoms with Gasteiger partial charge < -0.3 is 10.5 Å². The van der Waals surface area contributed by atoms with Gasteiger partial charge in [0.2, 0.25) is 0 Å². The minimum atomic E-state index is -0.972. The average Bonchev–Trinajstić information content (AvgIpc) is 2.65. The van der Waals surface area contributed by atoms with Crippen LogP contribution >= 0.6 is 23.2 Å². The number of nitrogens with one attached hydrogen (secondary N) is 1. The minimum Gasteiger partial charge on any atom is -0.481 e. The predicted octanol–water partition coefficient (Wildman–Crippen LogP) is 2.66. The number of carbonyl (C=O) groups excluding carboxylic acids is 4. The van der Waals surface area contributed by atoms with Gasteiger partial charge in [0.1, 0.15) is 11.4 Å². The Morgan fingerprint density at radius 2 is 1.73 bits per heavy atom. The molecule has 2 aromatic carbocycles. The van der Waals surface area contributed by atoms with Gasteiger partial charge in [0, 0.05) is 0 Å². The molecule has 8 nitrogen and oxygen atoms in total. The van der Waals surface area contributed by atoms with Gasteiger partial charge in [-0.25, -0.2) is 14.1 Å². The van der Waals surface area contributed by atoms with Crippen LogP contribution in [0.2, 0.25) is 10.0 Å². The third-order valence-electron chi connectivity index (χ3n) is 3.88. The number of halogens is 3. The molecule has 1 aliphatic heterocycles. The highest BCUT2D eigenvalue weighted by molar-refractivity contribution is 6.40. The van der Waals surface area contributed by atoms with Crippen molar-refractivity contribution in [1.82, 2.24) is 5.32 Å². The molecule has 0 bridgehead atoms. The number of amides is 5. The second-order valence-electron chi connectivity index (χ2n) is 6.00. The molecule has 0 radical (unpaired) electrons. The molecule has 1 heterocycles. The summed E-state index contributed by atoms with van der Waals surface area (Å²) in [6.07, 6.45) is 1.18. The average molecular weight is 452 g/mol. The number of nitrogens with two attached hydrogens (primary N) is 1. The number of barbiturate groups is 1. The van der Waals surface area contributed by atoms with Crippen LogP contribution < -0.4 is 20.7 Å². The molecule has 154 valence electrons. The van der Waals surface area contributed by atoms with E-state index in [1.807, 2.05) is 5.32 Å². The van der Waals surface area contributed by atoms with Crippen molar-refractivity contribution in [3.05, 3.63) is 63.4 Å². The van der Waals surface area contributed by atoms with E-state index in [2.05, 4.69) is 0 Å². The van der Waals surface area contributed by atoms with Crippen molar-refractivity contribution in [1.29, 1.82) is 0 Å². The fourth-order valence-corrected chi connectivity index (χ4v) is 3.21. The number of rotatable bonds is 5. The van der Waals surface area contributed by atoms with Crippen LogP contribution in [-0.2, 0) is 14.4 Å². The van der Waals surface area contributed by atoms with Crippen LogP contribution in [0.25, 0.3) is 6.08 Å². The van der Waals surface area contributed by atoms with E-state index in [0.29, 0.717) is 4.90 Å².